The Balaban J connectivity index is 2.64. The Labute approximate surface area is 505 Å². The second kappa shape index (κ2) is 58.2. The number of carbonyl (C=O) groups excluding carboxylic acids is 2. The van der Waals surface area contributed by atoms with Crippen LogP contribution in [-0.4, -0.2) is 99.6 Å². The van der Waals surface area contributed by atoms with E-state index in [-0.39, 0.29) is 19.4 Å². The zero-order chi connectivity index (χ0) is 60.3. The van der Waals surface area contributed by atoms with E-state index in [4.69, 9.17) is 14.2 Å². The van der Waals surface area contributed by atoms with Crippen molar-refractivity contribution in [2.24, 2.45) is 0 Å². The Bertz CT molecular complexity index is 1860. The van der Waals surface area contributed by atoms with Crippen molar-refractivity contribution in [3.8, 4) is 0 Å². The molecule has 0 saturated carbocycles. The number of amides is 1. The van der Waals surface area contributed by atoms with Gasteiger partial charge in [0.25, 0.3) is 0 Å². The number of hydrogen-bond donors (Lipinski definition) is 6. The Morgan fingerprint density at radius 2 is 0.867 bits per heavy atom. The first-order valence-electron chi connectivity index (χ1n) is 33.0. The molecule has 0 spiro atoms. The summed E-state index contributed by atoms with van der Waals surface area (Å²) >= 11 is 0. The van der Waals surface area contributed by atoms with E-state index in [0.29, 0.717) is 12.8 Å². The van der Waals surface area contributed by atoms with Gasteiger partial charge in [-0.3, -0.25) is 9.59 Å². The molecule has 1 amide bonds. The van der Waals surface area contributed by atoms with Crippen LogP contribution in [0.1, 0.15) is 245 Å². The summed E-state index contributed by atoms with van der Waals surface area (Å²) in [7, 11) is 0. The van der Waals surface area contributed by atoms with Gasteiger partial charge < -0.3 is 45.1 Å². The van der Waals surface area contributed by atoms with Crippen LogP contribution in [0.3, 0.4) is 0 Å². The van der Waals surface area contributed by atoms with Gasteiger partial charge in [-0.25, -0.2) is 0 Å². The van der Waals surface area contributed by atoms with Crippen molar-refractivity contribution in [1.82, 2.24) is 5.32 Å². The van der Waals surface area contributed by atoms with Gasteiger partial charge >= 0.3 is 5.97 Å². The Morgan fingerprint density at radius 1 is 0.482 bits per heavy atom. The average molecular weight is 1160 g/mol. The predicted octanol–water partition coefficient (Wildman–Crippen LogP) is 16.4. The molecule has 0 radical (unpaired) electrons. The molecule has 11 nitrogen and oxygen atoms in total. The summed E-state index contributed by atoms with van der Waals surface area (Å²) in [5, 5.41) is 57.1. The molecule has 11 heteroatoms. The molecule has 1 fully saturated rings. The third kappa shape index (κ3) is 45.8. The van der Waals surface area contributed by atoms with E-state index >= 15 is 0 Å². The van der Waals surface area contributed by atoms with Crippen LogP contribution >= 0.6 is 0 Å². The van der Waals surface area contributed by atoms with Crippen LogP contribution in [0.4, 0.5) is 0 Å². The van der Waals surface area contributed by atoms with Crippen molar-refractivity contribution >= 4 is 11.9 Å². The molecule has 0 aromatic rings. The molecule has 0 aromatic heterocycles. The van der Waals surface area contributed by atoms with Gasteiger partial charge in [0, 0.05) is 6.42 Å². The molecule has 1 heterocycles. The second-order valence-electron chi connectivity index (χ2n) is 22.1. The average Bonchev–Trinajstić information content (AvgIpc) is 3.68. The number of esters is 1. The number of hydrogen-bond acceptors (Lipinski definition) is 10. The number of unbranched alkanes of at least 4 members (excludes halogenated alkanes) is 20. The van der Waals surface area contributed by atoms with E-state index in [1.165, 1.54) is 38.5 Å². The van der Waals surface area contributed by atoms with Crippen molar-refractivity contribution in [2.75, 3.05) is 13.2 Å². The number of aliphatic hydroxyl groups excluding tert-OH is 5. The van der Waals surface area contributed by atoms with Crippen LogP contribution in [0, 0.1) is 0 Å². The monoisotopic (exact) mass is 1160 g/mol. The van der Waals surface area contributed by atoms with Crippen LogP contribution in [0.25, 0.3) is 0 Å². The standard InChI is InChI=1S/C72H119NO10/c1-4-7-10-13-16-19-22-24-26-28-30-32-33-34-36-38-40-42-45-48-51-54-57-60-67(77)83-70-69(79)68(78)66(61-74)82-72(70)81-62-63(64(75)58-55-52-49-46-43-21-18-15-12-9-6-3)73-71(80)65(76)59-56-53-50-47-44-41-39-37-35-31-29-27-25-23-20-17-14-11-8-5-2/h7-8,10-11,16-17,19-20,24-27,30-32,34-36,39,41,55,58,63-66,68-70,72,74-76,78-79H,4-6,9,12-15,18,21-23,28-29,33,37-38,40,42-54,56-57,59-62H2,1-3H3,(H,73,80)/b10-7-,11-8-,19-16-,20-17-,26-24-,27-25-,32-30-,35-31-,36-34-,41-39-,58-55+. The molecule has 1 aliphatic heterocycles. The van der Waals surface area contributed by atoms with Gasteiger partial charge in [0.2, 0.25) is 5.91 Å². The summed E-state index contributed by atoms with van der Waals surface area (Å²) in [6.45, 7) is 5.53. The van der Waals surface area contributed by atoms with Gasteiger partial charge in [0.1, 0.15) is 24.4 Å². The van der Waals surface area contributed by atoms with E-state index in [1.807, 2.05) is 6.08 Å². The summed E-state index contributed by atoms with van der Waals surface area (Å²) in [4.78, 5) is 26.6. The predicted molar refractivity (Wildman–Crippen MR) is 347 cm³/mol. The van der Waals surface area contributed by atoms with E-state index in [9.17, 15) is 35.1 Å². The van der Waals surface area contributed by atoms with E-state index in [2.05, 4.69) is 148 Å². The van der Waals surface area contributed by atoms with E-state index in [1.54, 1.807) is 6.08 Å². The fourth-order valence-electron chi connectivity index (χ4n) is 9.41. The fourth-order valence-corrected chi connectivity index (χ4v) is 9.41. The highest BCUT2D eigenvalue weighted by Crippen LogP contribution is 2.26. The first-order chi connectivity index (χ1) is 40.7. The minimum atomic E-state index is -1.63. The number of nitrogens with one attached hydrogen (secondary N) is 1. The summed E-state index contributed by atoms with van der Waals surface area (Å²) in [6, 6.07) is -1.05. The van der Waals surface area contributed by atoms with Gasteiger partial charge in [-0.05, 0) is 116 Å². The molecular formula is C72H119NO10. The van der Waals surface area contributed by atoms with Crippen molar-refractivity contribution in [2.45, 2.75) is 294 Å². The lowest BCUT2D eigenvalue weighted by Crippen LogP contribution is -2.61. The highest BCUT2D eigenvalue weighted by atomic mass is 16.7. The Morgan fingerprint density at radius 3 is 1.30 bits per heavy atom. The quantitative estimate of drug-likeness (QED) is 0.0195. The molecule has 0 bridgehead atoms. The minimum absolute atomic E-state index is 0.100. The van der Waals surface area contributed by atoms with Crippen LogP contribution in [0.2, 0.25) is 0 Å². The first-order valence-corrected chi connectivity index (χ1v) is 33.0. The first kappa shape index (κ1) is 76.8. The highest BCUT2D eigenvalue weighted by molar-refractivity contribution is 5.80. The molecule has 1 rings (SSSR count). The third-order valence-electron chi connectivity index (χ3n) is 14.5. The van der Waals surface area contributed by atoms with Gasteiger partial charge in [-0.15, -0.1) is 0 Å². The smallest absolute Gasteiger partial charge is 0.306 e. The Hall–Kier alpha value is -4.20. The maximum atomic E-state index is 13.4. The van der Waals surface area contributed by atoms with Crippen LogP contribution < -0.4 is 5.32 Å². The normalized spacial score (nSPS) is 19.4. The molecule has 8 atom stereocenters. The highest BCUT2D eigenvalue weighted by Gasteiger charge is 2.47. The van der Waals surface area contributed by atoms with Gasteiger partial charge in [0.05, 0.1) is 25.4 Å². The molecule has 6 N–H and O–H groups in total. The lowest BCUT2D eigenvalue weighted by atomic mass is 9.99. The molecule has 1 saturated heterocycles. The number of aliphatic hydroxyl groups is 5. The van der Waals surface area contributed by atoms with Gasteiger partial charge in [-0.2, -0.15) is 0 Å². The van der Waals surface area contributed by atoms with Gasteiger partial charge in [-0.1, -0.05) is 257 Å². The number of rotatable bonds is 54. The minimum Gasteiger partial charge on any atom is -0.454 e. The molecule has 1 aliphatic rings. The summed E-state index contributed by atoms with van der Waals surface area (Å²) < 4.78 is 17.6. The number of carbonyl (C=O) groups is 2. The maximum Gasteiger partial charge on any atom is 0.306 e. The molecule has 472 valence electrons. The lowest BCUT2D eigenvalue weighted by molar-refractivity contribution is -0.305. The zero-order valence-electron chi connectivity index (χ0n) is 52.3. The largest absolute Gasteiger partial charge is 0.454 e. The van der Waals surface area contributed by atoms with Crippen LogP contribution in [0.5, 0.6) is 0 Å². The van der Waals surface area contributed by atoms with Crippen molar-refractivity contribution in [1.29, 1.82) is 0 Å². The van der Waals surface area contributed by atoms with E-state index < -0.39 is 67.4 Å². The lowest BCUT2D eigenvalue weighted by Gasteiger charge is -2.41. The van der Waals surface area contributed by atoms with E-state index in [0.717, 1.165) is 161 Å². The summed E-state index contributed by atoms with van der Waals surface area (Å²) in [5.74, 6) is -1.24. The SMILES string of the molecule is CC/C=C\C/C=C\C/C=C\C/C=C\C/C=C\CCCCCCCCCC(=O)OC1C(OCC(NC(=O)C(O)CCCCCC/C=C\C/C=C\C/C=C\C/C=C\C/C=C\CC)C(O)/C=C/CCCCCCCCCCC)OC(CO)C(O)C1O. The van der Waals surface area contributed by atoms with Crippen molar-refractivity contribution in [3.63, 3.8) is 0 Å². The molecule has 8 unspecified atom stereocenters. The summed E-state index contributed by atoms with van der Waals surface area (Å²) in [5.41, 5.74) is 0. The van der Waals surface area contributed by atoms with Gasteiger partial charge in [0.15, 0.2) is 12.4 Å². The second-order valence-corrected chi connectivity index (χ2v) is 22.1. The maximum absolute atomic E-state index is 13.4. The fraction of sp³-hybridized carbons (Fsp3) is 0.667. The van der Waals surface area contributed by atoms with Crippen LogP contribution in [-0.2, 0) is 23.8 Å². The van der Waals surface area contributed by atoms with Crippen molar-refractivity contribution in [3.05, 3.63) is 134 Å². The topological polar surface area (TPSA) is 175 Å². The number of ether oxygens (including phenoxy) is 3. The number of allylic oxidation sites excluding steroid dienone is 21. The molecule has 0 aromatic carbocycles. The zero-order valence-corrected chi connectivity index (χ0v) is 52.3. The third-order valence-corrected chi connectivity index (χ3v) is 14.5. The Kier molecular flexibility index (Phi) is 53.9. The molecular weight excluding hydrogens is 1040 g/mol. The van der Waals surface area contributed by atoms with Crippen LogP contribution in [0.15, 0.2) is 134 Å². The summed E-state index contributed by atoms with van der Waals surface area (Å²) in [6.07, 6.45) is 71.9. The molecule has 83 heavy (non-hydrogen) atoms. The van der Waals surface area contributed by atoms with Crippen molar-refractivity contribution < 1.29 is 49.3 Å². The molecule has 0 aliphatic carbocycles.